The van der Waals surface area contributed by atoms with E-state index in [1.165, 1.54) is 205 Å². The quantitative estimate of drug-likeness (QED) is 0.0344. The zero-order chi connectivity index (χ0) is 47.7. The second kappa shape index (κ2) is 50.3. The van der Waals surface area contributed by atoms with Crippen LogP contribution < -0.4 is 0 Å². The molecule has 0 radical (unpaired) electrons. The fourth-order valence-corrected chi connectivity index (χ4v) is 8.97. The lowest BCUT2D eigenvalue weighted by atomic mass is 9.99. The van der Waals surface area contributed by atoms with Gasteiger partial charge in [0.15, 0.2) is 6.10 Å². The third kappa shape index (κ3) is 51.6. The SMILES string of the molecule is CCC(C)CCCCCCCCCCCCC(=O)OC[C@@H](COC(=O)CCCCCCCCCCCCCCC(C)C)OC(=O)CCCCCCCCCCCCCCCCCC(C)C. The molecule has 386 valence electrons. The van der Waals surface area contributed by atoms with Crippen LogP contribution in [0.5, 0.6) is 0 Å². The van der Waals surface area contributed by atoms with E-state index in [2.05, 4.69) is 41.5 Å². The minimum Gasteiger partial charge on any atom is -0.462 e. The zero-order valence-corrected chi connectivity index (χ0v) is 44.8. The molecule has 6 heteroatoms. The van der Waals surface area contributed by atoms with Gasteiger partial charge in [-0.15, -0.1) is 0 Å². The van der Waals surface area contributed by atoms with Crippen LogP contribution in [0, 0.1) is 17.8 Å². The zero-order valence-electron chi connectivity index (χ0n) is 44.8. The molecule has 2 atom stereocenters. The predicted molar refractivity (Wildman–Crippen MR) is 279 cm³/mol. The van der Waals surface area contributed by atoms with Crippen LogP contribution in [0.1, 0.15) is 324 Å². The van der Waals surface area contributed by atoms with Gasteiger partial charge in [-0.2, -0.15) is 0 Å². The fraction of sp³-hybridized carbons (Fsp3) is 0.949. The summed E-state index contributed by atoms with van der Waals surface area (Å²) < 4.78 is 16.9. The molecule has 0 aliphatic rings. The summed E-state index contributed by atoms with van der Waals surface area (Å²) in [6.45, 7) is 13.8. The van der Waals surface area contributed by atoms with Crippen LogP contribution in [-0.2, 0) is 28.6 Å². The molecule has 0 fully saturated rings. The van der Waals surface area contributed by atoms with Crippen molar-refractivity contribution in [1.29, 1.82) is 0 Å². The Kier molecular flexibility index (Phi) is 49.1. The first-order valence-electron chi connectivity index (χ1n) is 29.1. The summed E-state index contributed by atoms with van der Waals surface area (Å²) in [7, 11) is 0. The molecule has 0 rings (SSSR count). The number of carbonyl (C=O) groups excluding carboxylic acids is 3. The highest BCUT2D eigenvalue weighted by atomic mass is 16.6. The van der Waals surface area contributed by atoms with E-state index in [4.69, 9.17) is 14.2 Å². The summed E-state index contributed by atoms with van der Waals surface area (Å²) in [6, 6.07) is 0. The first kappa shape index (κ1) is 63.4. The third-order valence-corrected chi connectivity index (χ3v) is 13.8. The number of ether oxygens (including phenoxy) is 3. The van der Waals surface area contributed by atoms with E-state index in [-0.39, 0.29) is 31.1 Å². The molecule has 0 saturated heterocycles. The van der Waals surface area contributed by atoms with Gasteiger partial charge in [-0.1, -0.05) is 286 Å². The lowest BCUT2D eigenvalue weighted by Crippen LogP contribution is -2.30. The van der Waals surface area contributed by atoms with Gasteiger partial charge in [0.1, 0.15) is 13.2 Å². The number of rotatable bonds is 52. The molecule has 0 heterocycles. The van der Waals surface area contributed by atoms with Gasteiger partial charge in [0.25, 0.3) is 0 Å². The van der Waals surface area contributed by atoms with Gasteiger partial charge in [0, 0.05) is 19.3 Å². The molecule has 0 aromatic rings. The average molecular weight is 920 g/mol. The second-order valence-electron chi connectivity index (χ2n) is 21.5. The van der Waals surface area contributed by atoms with Crippen molar-refractivity contribution in [2.24, 2.45) is 17.8 Å². The van der Waals surface area contributed by atoms with Gasteiger partial charge < -0.3 is 14.2 Å². The van der Waals surface area contributed by atoms with E-state index in [1.807, 2.05) is 0 Å². The largest absolute Gasteiger partial charge is 0.462 e. The average Bonchev–Trinajstić information content (AvgIpc) is 3.28. The van der Waals surface area contributed by atoms with Gasteiger partial charge in [-0.05, 0) is 37.0 Å². The first-order chi connectivity index (χ1) is 31.6. The summed E-state index contributed by atoms with van der Waals surface area (Å²) in [5, 5.41) is 0. The molecule has 0 amide bonds. The van der Waals surface area contributed by atoms with E-state index in [9.17, 15) is 14.4 Å². The maximum absolute atomic E-state index is 12.9. The molecular weight excluding hydrogens is 805 g/mol. The molecule has 0 bridgehead atoms. The van der Waals surface area contributed by atoms with E-state index in [0.29, 0.717) is 19.3 Å². The molecule has 1 unspecified atom stereocenters. The highest BCUT2D eigenvalue weighted by Crippen LogP contribution is 2.19. The maximum atomic E-state index is 12.9. The molecule has 0 spiro atoms. The monoisotopic (exact) mass is 919 g/mol. The number of carbonyl (C=O) groups is 3. The van der Waals surface area contributed by atoms with Crippen molar-refractivity contribution >= 4 is 17.9 Å². The minimum absolute atomic E-state index is 0.0636. The van der Waals surface area contributed by atoms with E-state index in [1.54, 1.807) is 0 Å². The van der Waals surface area contributed by atoms with Crippen molar-refractivity contribution in [3.8, 4) is 0 Å². The molecule has 0 saturated carbocycles. The van der Waals surface area contributed by atoms with Crippen molar-refractivity contribution in [1.82, 2.24) is 0 Å². The van der Waals surface area contributed by atoms with Crippen LogP contribution in [0.4, 0.5) is 0 Å². The van der Waals surface area contributed by atoms with Crippen molar-refractivity contribution in [2.75, 3.05) is 13.2 Å². The van der Waals surface area contributed by atoms with Gasteiger partial charge in [-0.25, -0.2) is 0 Å². The molecule has 0 aromatic carbocycles. The highest BCUT2D eigenvalue weighted by Gasteiger charge is 2.19. The molecule has 0 aliphatic heterocycles. The molecule has 0 N–H and O–H groups in total. The van der Waals surface area contributed by atoms with E-state index >= 15 is 0 Å². The summed E-state index contributed by atoms with van der Waals surface area (Å²) in [6.07, 6.45) is 52.3. The Bertz CT molecular complexity index is 1010. The normalized spacial score (nSPS) is 12.6. The molecule has 65 heavy (non-hydrogen) atoms. The predicted octanol–water partition coefficient (Wildman–Crippen LogP) is 19.1. The van der Waals surface area contributed by atoms with Gasteiger partial charge in [0.05, 0.1) is 0 Å². The standard InChI is InChI=1S/C59H114O6/c1-7-55(6)47-41-35-29-23-19-20-25-31-37-43-49-58(61)64-52-56(51-63-57(60)48-42-36-30-24-17-14-13-16-22-28-34-40-46-54(4)5)65-59(62)50-44-38-32-26-18-12-10-8-9-11-15-21-27-33-39-45-53(2)3/h53-56H,7-52H2,1-6H3/t55?,56-/m1/s1. The smallest absolute Gasteiger partial charge is 0.306 e. The van der Waals surface area contributed by atoms with Crippen LogP contribution in [-0.4, -0.2) is 37.2 Å². The molecule has 0 aromatic heterocycles. The van der Waals surface area contributed by atoms with Crippen molar-refractivity contribution in [3.63, 3.8) is 0 Å². The Labute approximate surface area is 406 Å². The van der Waals surface area contributed by atoms with E-state index < -0.39 is 6.10 Å². The van der Waals surface area contributed by atoms with Crippen LogP contribution in [0.25, 0.3) is 0 Å². The number of hydrogen-bond acceptors (Lipinski definition) is 6. The van der Waals surface area contributed by atoms with Crippen molar-refractivity contribution in [2.45, 2.75) is 330 Å². The van der Waals surface area contributed by atoms with Crippen LogP contribution in [0.15, 0.2) is 0 Å². The Balaban J connectivity index is 4.31. The maximum Gasteiger partial charge on any atom is 0.306 e. The van der Waals surface area contributed by atoms with Gasteiger partial charge >= 0.3 is 17.9 Å². The van der Waals surface area contributed by atoms with Crippen LogP contribution in [0.3, 0.4) is 0 Å². The fourth-order valence-electron chi connectivity index (χ4n) is 8.97. The van der Waals surface area contributed by atoms with Crippen LogP contribution >= 0.6 is 0 Å². The Hall–Kier alpha value is -1.59. The van der Waals surface area contributed by atoms with Crippen molar-refractivity contribution < 1.29 is 28.6 Å². The number of esters is 3. The summed E-state index contributed by atoms with van der Waals surface area (Å²) in [5.41, 5.74) is 0. The second-order valence-corrected chi connectivity index (χ2v) is 21.5. The van der Waals surface area contributed by atoms with Gasteiger partial charge in [0.2, 0.25) is 0 Å². The number of hydrogen-bond donors (Lipinski definition) is 0. The third-order valence-electron chi connectivity index (χ3n) is 13.8. The minimum atomic E-state index is -0.764. The van der Waals surface area contributed by atoms with Gasteiger partial charge in [-0.3, -0.25) is 14.4 Å². The number of unbranched alkanes of at least 4 members (excludes halogenated alkanes) is 34. The first-order valence-corrected chi connectivity index (χ1v) is 29.1. The molecule has 0 aliphatic carbocycles. The van der Waals surface area contributed by atoms with E-state index in [0.717, 1.165) is 75.5 Å². The Morgan fingerprint density at radius 1 is 0.308 bits per heavy atom. The molecule has 6 nitrogen and oxygen atoms in total. The van der Waals surface area contributed by atoms with Crippen molar-refractivity contribution in [3.05, 3.63) is 0 Å². The lowest BCUT2D eigenvalue weighted by Gasteiger charge is -2.18. The Morgan fingerprint density at radius 2 is 0.538 bits per heavy atom. The topological polar surface area (TPSA) is 78.9 Å². The molecular formula is C59H114O6. The summed E-state index contributed by atoms with van der Waals surface area (Å²) >= 11 is 0. The highest BCUT2D eigenvalue weighted by molar-refractivity contribution is 5.71. The summed E-state index contributed by atoms with van der Waals surface area (Å²) in [5.74, 6) is 1.71. The Morgan fingerprint density at radius 3 is 0.800 bits per heavy atom. The van der Waals surface area contributed by atoms with Crippen LogP contribution in [0.2, 0.25) is 0 Å². The lowest BCUT2D eigenvalue weighted by molar-refractivity contribution is -0.167. The summed E-state index contributed by atoms with van der Waals surface area (Å²) in [4.78, 5) is 38.2.